The van der Waals surface area contributed by atoms with Crippen molar-refractivity contribution in [3.05, 3.63) is 47.5 Å². The number of fused-ring (bicyclic) bond motifs is 1. The fourth-order valence-electron chi connectivity index (χ4n) is 3.41. The summed E-state index contributed by atoms with van der Waals surface area (Å²) in [6.07, 6.45) is 1.82. The van der Waals surface area contributed by atoms with E-state index in [4.69, 9.17) is 10.5 Å². The molecule has 3 nitrogen and oxygen atoms in total. The van der Waals surface area contributed by atoms with Crippen LogP contribution in [0.3, 0.4) is 0 Å². The van der Waals surface area contributed by atoms with Gasteiger partial charge in [-0.25, -0.2) is 8.78 Å². The van der Waals surface area contributed by atoms with Crippen LogP contribution in [-0.2, 0) is 5.41 Å². The molecule has 0 aliphatic carbocycles. The van der Waals surface area contributed by atoms with Crippen LogP contribution in [0.4, 0.5) is 25.8 Å². The molecule has 134 valence electrons. The fourth-order valence-corrected chi connectivity index (χ4v) is 3.41. The van der Waals surface area contributed by atoms with Crippen LogP contribution >= 0.6 is 0 Å². The molecule has 1 aliphatic rings. The van der Waals surface area contributed by atoms with E-state index in [1.54, 1.807) is 6.07 Å². The second kappa shape index (κ2) is 6.54. The summed E-state index contributed by atoms with van der Waals surface area (Å²) in [6.45, 7) is 6.83. The van der Waals surface area contributed by atoms with E-state index >= 15 is 0 Å². The molecule has 3 rings (SSSR count). The predicted octanol–water partition coefficient (Wildman–Crippen LogP) is 5.16. The number of rotatable bonds is 5. The number of hydrogen-bond acceptors (Lipinski definition) is 3. The van der Waals surface area contributed by atoms with Crippen molar-refractivity contribution in [1.29, 1.82) is 0 Å². The molecule has 2 aromatic rings. The van der Waals surface area contributed by atoms with Gasteiger partial charge in [-0.1, -0.05) is 39.3 Å². The van der Waals surface area contributed by atoms with Gasteiger partial charge in [0.05, 0.1) is 23.7 Å². The second-order valence-electron chi connectivity index (χ2n) is 7.12. The van der Waals surface area contributed by atoms with Crippen molar-refractivity contribution in [2.45, 2.75) is 39.0 Å². The lowest BCUT2D eigenvalue weighted by molar-refractivity contribution is 0.307. The summed E-state index contributed by atoms with van der Waals surface area (Å²) in [7, 11) is 0. The Balaban J connectivity index is 2.17. The molecule has 0 atom stereocenters. The number of halogens is 2. The summed E-state index contributed by atoms with van der Waals surface area (Å²) in [5.74, 6) is -1.31. The third kappa shape index (κ3) is 3.03. The van der Waals surface area contributed by atoms with E-state index in [0.717, 1.165) is 24.6 Å². The molecule has 0 saturated carbocycles. The van der Waals surface area contributed by atoms with Gasteiger partial charge in [-0.15, -0.1) is 0 Å². The SMILES string of the molecule is CCCCOc1cc(F)c(F)c2c1N(c1ccccc1N)CC2(C)C. The van der Waals surface area contributed by atoms with Gasteiger partial charge in [0.1, 0.15) is 5.75 Å². The summed E-state index contributed by atoms with van der Waals surface area (Å²) in [6, 6.07) is 8.58. The zero-order chi connectivity index (χ0) is 18.2. The third-order valence-electron chi connectivity index (χ3n) is 4.64. The number of nitrogens with two attached hydrogens (primary N) is 1. The van der Waals surface area contributed by atoms with Crippen molar-refractivity contribution in [2.24, 2.45) is 0 Å². The zero-order valence-electron chi connectivity index (χ0n) is 14.9. The van der Waals surface area contributed by atoms with Crippen molar-refractivity contribution in [1.82, 2.24) is 0 Å². The van der Waals surface area contributed by atoms with Crippen molar-refractivity contribution in [2.75, 3.05) is 23.8 Å². The van der Waals surface area contributed by atoms with Gasteiger partial charge in [0, 0.05) is 23.6 Å². The average Bonchev–Trinajstić information content (AvgIpc) is 2.84. The molecule has 0 spiro atoms. The van der Waals surface area contributed by atoms with Crippen LogP contribution in [0.1, 0.15) is 39.2 Å². The molecule has 0 radical (unpaired) electrons. The molecular weight excluding hydrogens is 322 g/mol. The van der Waals surface area contributed by atoms with Gasteiger partial charge in [0.2, 0.25) is 0 Å². The van der Waals surface area contributed by atoms with Crippen LogP contribution < -0.4 is 15.4 Å². The molecule has 1 aliphatic heterocycles. The Hall–Kier alpha value is -2.30. The van der Waals surface area contributed by atoms with E-state index in [9.17, 15) is 8.78 Å². The van der Waals surface area contributed by atoms with E-state index in [0.29, 0.717) is 35.8 Å². The maximum Gasteiger partial charge on any atom is 0.164 e. The van der Waals surface area contributed by atoms with E-state index in [-0.39, 0.29) is 0 Å². The average molecular weight is 346 g/mol. The Morgan fingerprint density at radius 1 is 1.24 bits per heavy atom. The lowest BCUT2D eigenvalue weighted by Crippen LogP contribution is -2.26. The number of nitrogen functional groups attached to an aromatic ring is 1. The molecule has 5 heteroatoms. The van der Waals surface area contributed by atoms with Crippen LogP contribution in [0.15, 0.2) is 30.3 Å². The highest BCUT2D eigenvalue weighted by Gasteiger charge is 2.42. The highest BCUT2D eigenvalue weighted by atomic mass is 19.2. The minimum Gasteiger partial charge on any atom is -0.491 e. The van der Waals surface area contributed by atoms with Crippen molar-refractivity contribution < 1.29 is 13.5 Å². The maximum absolute atomic E-state index is 14.7. The van der Waals surface area contributed by atoms with E-state index < -0.39 is 17.0 Å². The van der Waals surface area contributed by atoms with E-state index in [2.05, 4.69) is 6.92 Å². The smallest absolute Gasteiger partial charge is 0.164 e. The summed E-state index contributed by atoms with van der Waals surface area (Å²) in [4.78, 5) is 1.94. The molecule has 0 fully saturated rings. The van der Waals surface area contributed by atoms with Gasteiger partial charge in [0.15, 0.2) is 11.6 Å². The fraction of sp³-hybridized carbons (Fsp3) is 0.400. The van der Waals surface area contributed by atoms with Gasteiger partial charge < -0.3 is 15.4 Å². The molecule has 2 N–H and O–H groups in total. The van der Waals surface area contributed by atoms with Crippen LogP contribution in [0, 0.1) is 11.6 Å². The predicted molar refractivity (Wildman–Crippen MR) is 97.6 cm³/mol. The molecular formula is C20H24F2N2O. The number of ether oxygens (including phenoxy) is 1. The third-order valence-corrected chi connectivity index (χ3v) is 4.64. The van der Waals surface area contributed by atoms with E-state index in [1.807, 2.05) is 36.9 Å². The number of anilines is 3. The van der Waals surface area contributed by atoms with E-state index in [1.165, 1.54) is 0 Å². The first-order chi connectivity index (χ1) is 11.9. The first-order valence-corrected chi connectivity index (χ1v) is 8.64. The monoisotopic (exact) mass is 346 g/mol. The normalized spacial score (nSPS) is 15.3. The summed E-state index contributed by atoms with van der Waals surface area (Å²) in [5, 5.41) is 0. The quantitative estimate of drug-likeness (QED) is 0.601. The van der Waals surface area contributed by atoms with Crippen LogP contribution in [-0.4, -0.2) is 13.2 Å². The lowest BCUT2D eigenvalue weighted by atomic mass is 9.86. The second-order valence-corrected chi connectivity index (χ2v) is 7.12. The summed E-state index contributed by atoms with van der Waals surface area (Å²) in [5.41, 5.74) is 7.87. The molecule has 1 heterocycles. The number of para-hydroxylation sites is 2. The summed E-state index contributed by atoms with van der Waals surface area (Å²) >= 11 is 0. The first kappa shape index (κ1) is 17.5. The molecule has 2 aromatic carbocycles. The minimum atomic E-state index is -0.874. The molecule has 25 heavy (non-hydrogen) atoms. The maximum atomic E-state index is 14.7. The Bertz CT molecular complexity index is 790. The first-order valence-electron chi connectivity index (χ1n) is 8.64. The Morgan fingerprint density at radius 2 is 1.96 bits per heavy atom. The summed E-state index contributed by atoms with van der Waals surface area (Å²) < 4.78 is 34.7. The largest absolute Gasteiger partial charge is 0.491 e. The van der Waals surface area contributed by atoms with Crippen molar-refractivity contribution in [3.63, 3.8) is 0 Å². The highest BCUT2D eigenvalue weighted by Crippen LogP contribution is 2.51. The Labute approximate surface area is 147 Å². The molecule has 0 amide bonds. The molecule has 0 bridgehead atoms. The van der Waals surface area contributed by atoms with Gasteiger partial charge in [-0.05, 0) is 18.6 Å². The topological polar surface area (TPSA) is 38.5 Å². The molecule has 0 aromatic heterocycles. The van der Waals surface area contributed by atoms with Crippen LogP contribution in [0.25, 0.3) is 0 Å². The van der Waals surface area contributed by atoms with Gasteiger partial charge in [-0.2, -0.15) is 0 Å². The Morgan fingerprint density at radius 3 is 2.64 bits per heavy atom. The number of unbranched alkanes of at least 4 members (excludes halogenated alkanes) is 1. The van der Waals surface area contributed by atoms with Gasteiger partial charge in [-0.3, -0.25) is 0 Å². The van der Waals surface area contributed by atoms with Gasteiger partial charge in [0.25, 0.3) is 0 Å². The van der Waals surface area contributed by atoms with Crippen LogP contribution in [0.5, 0.6) is 5.75 Å². The minimum absolute atomic E-state index is 0.349. The standard InChI is InChI=1S/C20H24F2N2O/c1-4-5-10-25-16-11-13(21)18(22)17-19(16)24(12-20(17,2)3)15-9-7-6-8-14(15)23/h6-9,11H,4-5,10,12,23H2,1-3H3. The molecule has 0 saturated heterocycles. The van der Waals surface area contributed by atoms with Gasteiger partial charge >= 0.3 is 0 Å². The number of hydrogen-bond donors (Lipinski definition) is 1. The number of benzene rings is 2. The molecule has 0 unspecified atom stereocenters. The van der Waals surface area contributed by atoms with Crippen molar-refractivity contribution in [3.8, 4) is 5.75 Å². The number of nitrogens with zero attached hydrogens (tertiary/aromatic N) is 1. The zero-order valence-corrected chi connectivity index (χ0v) is 14.9. The van der Waals surface area contributed by atoms with Crippen LogP contribution in [0.2, 0.25) is 0 Å². The van der Waals surface area contributed by atoms with Crippen molar-refractivity contribution >= 4 is 17.1 Å². The Kier molecular flexibility index (Phi) is 4.58. The lowest BCUT2D eigenvalue weighted by Gasteiger charge is -2.24. The highest BCUT2D eigenvalue weighted by molar-refractivity contribution is 5.83.